The second-order valence-corrected chi connectivity index (χ2v) is 4.23. The van der Waals surface area contributed by atoms with Crippen LogP contribution in [0.25, 0.3) is 0 Å². The van der Waals surface area contributed by atoms with Gasteiger partial charge < -0.3 is 14.8 Å². The fourth-order valence-corrected chi connectivity index (χ4v) is 1.95. The van der Waals surface area contributed by atoms with Crippen molar-refractivity contribution in [3.05, 3.63) is 60.2 Å². The Morgan fingerprint density at radius 2 is 1.58 bits per heavy atom. The Balaban J connectivity index is 2.21. The van der Waals surface area contributed by atoms with Crippen LogP contribution in [0, 0.1) is 0 Å². The highest BCUT2D eigenvalue weighted by Gasteiger charge is 2.14. The van der Waals surface area contributed by atoms with Crippen LogP contribution in [-0.4, -0.2) is 20.7 Å². The number of para-hydroxylation sites is 2. The molecule has 0 saturated heterocycles. The Bertz CT molecular complexity index is 499. The van der Waals surface area contributed by atoms with Crippen molar-refractivity contribution in [2.75, 3.05) is 20.7 Å². The lowest BCUT2D eigenvalue weighted by Gasteiger charge is -2.20. The summed E-state index contributed by atoms with van der Waals surface area (Å²) >= 11 is 0. The molecule has 1 N–H and O–H groups in total. The monoisotopic (exact) mass is 257 g/mol. The van der Waals surface area contributed by atoms with Gasteiger partial charge in [-0.05, 0) is 24.7 Å². The van der Waals surface area contributed by atoms with E-state index in [4.69, 9.17) is 9.47 Å². The van der Waals surface area contributed by atoms with E-state index in [1.54, 1.807) is 7.11 Å². The molecular formula is C16H19NO2. The highest BCUT2D eigenvalue weighted by Crippen LogP contribution is 2.30. The molecule has 0 heterocycles. The lowest BCUT2D eigenvalue weighted by atomic mass is 10.1. The van der Waals surface area contributed by atoms with Crippen molar-refractivity contribution in [1.29, 1.82) is 0 Å². The molecule has 0 aromatic heterocycles. The minimum atomic E-state index is -0.0394. The first-order valence-corrected chi connectivity index (χ1v) is 6.34. The van der Waals surface area contributed by atoms with E-state index < -0.39 is 0 Å². The number of rotatable bonds is 6. The van der Waals surface area contributed by atoms with Gasteiger partial charge in [0.15, 0.2) is 11.5 Å². The maximum atomic E-state index is 6.08. The zero-order chi connectivity index (χ0) is 13.5. The van der Waals surface area contributed by atoms with Crippen molar-refractivity contribution in [3.63, 3.8) is 0 Å². The van der Waals surface area contributed by atoms with E-state index in [1.807, 2.05) is 49.5 Å². The molecule has 0 radical (unpaired) electrons. The molecule has 0 aliphatic carbocycles. The first-order chi connectivity index (χ1) is 9.35. The van der Waals surface area contributed by atoms with Crippen molar-refractivity contribution < 1.29 is 9.47 Å². The number of benzene rings is 2. The lowest BCUT2D eigenvalue weighted by molar-refractivity contribution is 0.196. The van der Waals surface area contributed by atoms with E-state index in [0.717, 1.165) is 23.6 Å². The summed E-state index contributed by atoms with van der Waals surface area (Å²) in [4.78, 5) is 0. The van der Waals surface area contributed by atoms with E-state index >= 15 is 0 Å². The molecule has 0 amide bonds. The van der Waals surface area contributed by atoms with E-state index in [9.17, 15) is 0 Å². The Labute approximate surface area is 114 Å². The van der Waals surface area contributed by atoms with Gasteiger partial charge in [-0.2, -0.15) is 0 Å². The number of nitrogens with one attached hydrogen (secondary N) is 1. The molecule has 3 nitrogen and oxygen atoms in total. The summed E-state index contributed by atoms with van der Waals surface area (Å²) in [5.74, 6) is 1.51. The number of likely N-dealkylation sites (N-methyl/N-ethyl adjacent to an activating group) is 1. The van der Waals surface area contributed by atoms with E-state index in [0.29, 0.717) is 0 Å². The van der Waals surface area contributed by atoms with Crippen LogP contribution in [0.3, 0.4) is 0 Å². The van der Waals surface area contributed by atoms with E-state index in [2.05, 4.69) is 17.4 Å². The maximum absolute atomic E-state index is 6.08. The zero-order valence-electron chi connectivity index (χ0n) is 11.3. The zero-order valence-corrected chi connectivity index (χ0v) is 11.3. The summed E-state index contributed by atoms with van der Waals surface area (Å²) in [5, 5.41) is 3.16. The minimum absolute atomic E-state index is 0.0394. The summed E-state index contributed by atoms with van der Waals surface area (Å²) in [6.45, 7) is 0.738. The molecule has 3 heteroatoms. The van der Waals surface area contributed by atoms with Crippen molar-refractivity contribution in [1.82, 2.24) is 5.32 Å². The van der Waals surface area contributed by atoms with Gasteiger partial charge in [-0.15, -0.1) is 0 Å². The van der Waals surface area contributed by atoms with Gasteiger partial charge in [-0.3, -0.25) is 0 Å². The van der Waals surface area contributed by atoms with Gasteiger partial charge >= 0.3 is 0 Å². The largest absolute Gasteiger partial charge is 0.493 e. The molecule has 0 spiro atoms. The average Bonchev–Trinajstić information content (AvgIpc) is 2.48. The summed E-state index contributed by atoms with van der Waals surface area (Å²) in [6.07, 6.45) is -0.0394. The van der Waals surface area contributed by atoms with Crippen molar-refractivity contribution >= 4 is 0 Å². The summed E-state index contributed by atoms with van der Waals surface area (Å²) in [6, 6.07) is 17.9. The molecule has 19 heavy (non-hydrogen) atoms. The van der Waals surface area contributed by atoms with Gasteiger partial charge in [-0.25, -0.2) is 0 Å². The van der Waals surface area contributed by atoms with Crippen LogP contribution in [0.2, 0.25) is 0 Å². The predicted molar refractivity (Wildman–Crippen MR) is 76.7 cm³/mol. The maximum Gasteiger partial charge on any atom is 0.162 e. The smallest absolute Gasteiger partial charge is 0.162 e. The summed E-state index contributed by atoms with van der Waals surface area (Å²) < 4.78 is 11.4. The molecule has 1 unspecified atom stereocenters. The number of ether oxygens (including phenoxy) is 2. The Hall–Kier alpha value is -2.00. The fraction of sp³-hybridized carbons (Fsp3) is 0.250. The highest BCUT2D eigenvalue weighted by molar-refractivity contribution is 5.40. The first-order valence-electron chi connectivity index (χ1n) is 6.34. The van der Waals surface area contributed by atoms with Gasteiger partial charge in [0.25, 0.3) is 0 Å². The molecule has 2 aromatic carbocycles. The number of hydrogen-bond acceptors (Lipinski definition) is 3. The first kappa shape index (κ1) is 13.4. The normalized spacial score (nSPS) is 11.9. The highest BCUT2D eigenvalue weighted by atomic mass is 16.5. The Kier molecular flexibility index (Phi) is 4.81. The molecular weight excluding hydrogens is 238 g/mol. The number of hydrogen-bond donors (Lipinski definition) is 1. The topological polar surface area (TPSA) is 30.5 Å². The molecule has 0 aliphatic heterocycles. The van der Waals surface area contributed by atoms with Gasteiger partial charge in [0, 0.05) is 6.54 Å². The second kappa shape index (κ2) is 6.81. The molecule has 2 rings (SSSR count). The van der Waals surface area contributed by atoms with Gasteiger partial charge in [0.2, 0.25) is 0 Å². The number of methoxy groups -OCH3 is 1. The Morgan fingerprint density at radius 3 is 2.21 bits per heavy atom. The van der Waals surface area contributed by atoms with Crippen LogP contribution in [-0.2, 0) is 0 Å². The molecule has 0 bridgehead atoms. The lowest BCUT2D eigenvalue weighted by Crippen LogP contribution is -2.22. The van der Waals surface area contributed by atoms with Crippen LogP contribution < -0.4 is 14.8 Å². The van der Waals surface area contributed by atoms with Crippen LogP contribution >= 0.6 is 0 Å². The summed E-state index contributed by atoms with van der Waals surface area (Å²) in [7, 11) is 3.57. The molecule has 0 aliphatic rings. The van der Waals surface area contributed by atoms with Gasteiger partial charge in [0.1, 0.15) is 6.10 Å². The molecule has 2 aromatic rings. The Morgan fingerprint density at radius 1 is 0.947 bits per heavy atom. The van der Waals surface area contributed by atoms with Gasteiger partial charge in [0.05, 0.1) is 7.11 Å². The van der Waals surface area contributed by atoms with E-state index in [1.165, 1.54) is 0 Å². The second-order valence-electron chi connectivity index (χ2n) is 4.23. The molecule has 100 valence electrons. The van der Waals surface area contributed by atoms with Crippen molar-refractivity contribution in [3.8, 4) is 11.5 Å². The van der Waals surface area contributed by atoms with E-state index in [-0.39, 0.29) is 6.10 Å². The third kappa shape index (κ3) is 3.48. The van der Waals surface area contributed by atoms with Crippen molar-refractivity contribution in [2.45, 2.75) is 6.10 Å². The molecule has 0 fully saturated rings. The fourth-order valence-electron chi connectivity index (χ4n) is 1.95. The SMILES string of the molecule is CNCC(Oc1ccccc1OC)c1ccccc1. The van der Waals surface area contributed by atoms with Crippen LogP contribution in [0.1, 0.15) is 11.7 Å². The van der Waals surface area contributed by atoms with Crippen LogP contribution in [0.5, 0.6) is 11.5 Å². The third-order valence-corrected chi connectivity index (χ3v) is 2.90. The minimum Gasteiger partial charge on any atom is -0.493 e. The molecule has 1 atom stereocenters. The van der Waals surface area contributed by atoms with Crippen molar-refractivity contribution in [2.24, 2.45) is 0 Å². The van der Waals surface area contributed by atoms with Crippen LogP contribution in [0.15, 0.2) is 54.6 Å². The molecule has 0 saturated carbocycles. The predicted octanol–water partition coefficient (Wildman–Crippen LogP) is 3.03. The van der Waals surface area contributed by atoms with Gasteiger partial charge in [-0.1, -0.05) is 42.5 Å². The quantitative estimate of drug-likeness (QED) is 0.862. The standard InChI is InChI=1S/C16H19NO2/c1-17-12-16(13-8-4-3-5-9-13)19-15-11-7-6-10-14(15)18-2/h3-11,16-17H,12H2,1-2H3. The average molecular weight is 257 g/mol. The van der Waals surface area contributed by atoms with Crippen LogP contribution in [0.4, 0.5) is 0 Å². The third-order valence-electron chi connectivity index (χ3n) is 2.90. The summed E-state index contributed by atoms with van der Waals surface area (Å²) in [5.41, 5.74) is 1.14.